The number of anilines is 2. The number of nitrogens with one attached hydrogen (secondary N) is 2. The third kappa shape index (κ3) is 2.93. The molecule has 0 spiro atoms. The van der Waals surface area contributed by atoms with E-state index in [0.29, 0.717) is 0 Å². The summed E-state index contributed by atoms with van der Waals surface area (Å²) in [6.45, 7) is 0. The van der Waals surface area contributed by atoms with Crippen LogP contribution in [-0.2, 0) is 17.1 Å². The molecule has 2 aromatic rings. The second kappa shape index (κ2) is 5.38. The third-order valence-corrected chi connectivity index (χ3v) is 4.00. The maximum absolute atomic E-state index is 12.3. The molecule has 0 saturated carbocycles. The highest BCUT2D eigenvalue weighted by Gasteiger charge is 2.29. The first-order valence-electron chi connectivity index (χ1n) is 5.60. The van der Waals surface area contributed by atoms with Crippen molar-refractivity contribution in [3.63, 3.8) is 0 Å². The van der Waals surface area contributed by atoms with Crippen molar-refractivity contribution < 1.29 is 13.3 Å². The molecule has 0 aliphatic heterocycles. The Bertz CT molecular complexity index is 785. The summed E-state index contributed by atoms with van der Waals surface area (Å²) >= 11 is 0. The van der Waals surface area contributed by atoms with Crippen molar-refractivity contribution in [2.24, 2.45) is 12.9 Å². The molecule has 0 atom stereocenters. The number of sulfonamides is 1. The second-order valence-corrected chi connectivity index (χ2v) is 5.71. The van der Waals surface area contributed by atoms with E-state index in [2.05, 4.69) is 15.2 Å². The molecule has 0 aliphatic rings. The Morgan fingerprint density at radius 3 is 2.67 bits per heavy atom. The standard InChI is InChI=1S/C10H12N6O4S/c1-15-6-7(5-12-15)14-21(19,20)9-4-2-3-8(13-11)10(9)16(17)18/h2-6,13-14H,11H2,1H3. The Morgan fingerprint density at radius 1 is 1.43 bits per heavy atom. The Hall–Kier alpha value is -2.66. The summed E-state index contributed by atoms with van der Waals surface area (Å²) in [7, 11) is -2.54. The van der Waals surface area contributed by atoms with Gasteiger partial charge in [-0.1, -0.05) is 6.07 Å². The van der Waals surface area contributed by atoms with Gasteiger partial charge in [-0.05, 0) is 12.1 Å². The Kier molecular flexibility index (Phi) is 3.78. The Labute approximate surface area is 119 Å². The van der Waals surface area contributed by atoms with Gasteiger partial charge in [0.05, 0.1) is 16.8 Å². The average molecular weight is 312 g/mol. The van der Waals surface area contributed by atoms with Crippen LogP contribution in [0.2, 0.25) is 0 Å². The lowest BCUT2D eigenvalue weighted by molar-refractivity contribution is -0.386. The molecular formula is C10H12N6O4S. The molecule has 4 N–H and O–H groups in total. The third-order valence-electron chi connectivity index (χ3n) is 2.58. The molecule has 0 bridgehead atoms. The molecule has 0 unspecified atom stereocenters. The molecule has 10 nitrogen and oxygen atoms in total. The van der Waals surface area contributed by atoms with Crippen molar-refractivity contribution in [1.82, 2.24) is 9.78 Å². The van der Waals surface area contributed by atoms with Crippen molar-refractivity contribution >= 4 is 27.1 Å². The van der Waals surface area contributed by atoms with Crippen molar-refractivity contribution in [3.8, 4) is 0 Å². The second-order valence-electron chi connectivity index (χ2n) is 4.06. The van der Waals surface area contributed by atoms with Crippen LogP contribution in [0.25, 0.3) is 0 Å². The molecule has 11 heteroatoms. The first-order chi connectivity index (χ1) is 9.85. The molecule has 0 aliphatic carbocycles. The van der Waals surface area contributed by atoms with E-state index in [1.807, 2.05) is 0 Å². The summed E-state index contributed by atoms with van der Waals surface area (Å²) < 4.78 is 28.2. The zero-order chi connectivity index (χ0) is 15.6. The zero-order valence-corrected chi connectivity index (χ0v) is 11.7. The molecule has 112 valence electrons. The molecule has 1 aromatic heterocycles. The summed E-state index contributed by atoms with van der Waals surface area (Å²) in [6, 6.07) is 3.78. The highest BCUT2D eigenvalue weighted by molar-refractivity contribution is 7.92. The monoisotopic (exact) mass is 312 g/mol. The number of rotatable bonds is 5. The predicted octanol–water partition coefficient (Wildman–Crippen LogP) is 0.415. The van der Waals surface area contributed by atoms with Crippen LogP contribution in [0.15, 0.2) is 35.5 Å². The average Bonchev–Trinajstić information content (AvgIpc) is 2.82. The van der Waals surface area contributed by atoms with Gasteiger partial charge in [-0.3, -0.25) is 25.4 Å². The Balaban J connectivity index is 2.52. The van der Waals surface area contributed by atoms with Gasteiger partial charge in [0.2, 0.25) is 0 Å². The van der Waals surface area contributed by atoms with Gasteiger partial charge < -0.3 is 5.43 Å². The van der Waals surface area contributed by atoms with Crippen molar-refractivity contribution in [2.45, 2.75) is 4.90 Å². The van der Waals surface area contributed by atoms with Gasteiger partial charge in [0.25, 0.3) is 10.0 Å². The number of nitrogen functional groups attached to an aromatic ring is 1. The number of hydrogen-bond acceptors (Lipinski definition) is 7. The maximum Gasteiger partial charge on any atom is 0.314 e. The number of benzene rings is 1. The quantitative estimate of drug-likeness (QED) is 0.412. The number of hydrazine groups is 1. The number of hydrogen-bond donors (Lipinski definition) is 3. The van der Waals surface area contributed by atoms with Gasteiger partial charge >= 0.3 is 5.69 Å². The van der Waals surface area contributed by atoms with Crippen LogP contribution in [0, 0.1) is 10.1 Å². The summed E-state index contributed by atoms with van der Waals surface area (Å²) in [5.74, 6) is 5.17. The largest absolute Gasteiger partial charge is 0.318 e. The highest BCUT2D eigenvalue weighted by atomic mass is 32.2. The summed E-state index contributed by atoms with van der Waals surface area (Å²) in [4.78, 5) is 9.80. The lowest BCUT2D eigenvalue weighted by Crippen LogP contribution is -2.16. The lowest BCUT2D eigenvalue weighted by Gasteiger charge is -2.09. The van der Waals surface area contributed by atoms with E-state index in [1.54, 1.807) is 7.05 Å². The molecule has 0 saturated heterocycles. The molecule has 1 heterocycles. The van der Waals surface area contributed by atoms with Gasteiger partial charge in [0, 0.05) is 13.2 Å². The van der Waals surface area contributed by atoms with E-state index in [0.717, 1.165) is 6.07 Å². The first-order valence-corrected chi connectivity index (χ1v) is 7.09. The molecule has 1 aromatic carbocycles. The molecule has 0 amide bonds. The van der Waals surface area contributed by atoms with Crippen molar-refractivity contribution in [2.75, 3.05) is 10.1 Å². The smallest absolute Gasteiger partial charge is 0.314 e. The van der Waals surface area contributed by atoms with E-state index < -0.39 is 25.5 Å². The van der Waals surface area contributed by atoms with Gasteiger partial charge in [0.1, 0.15) is 5.69 Å². The number of nitrogens with zero attached hydrogens (tertiary/aromatic N) is 3. The minimum Gasteiger partial charge on any atom is -0.318 e. The van der Waals surface area contributed by atoms with Crippen LogP contribution in [-0.4, -0.2) is 23.1 Å². The number of nitro groups is 1. The predicted molar refractivity (Wildman–Crippen MR) is 74.9 cm³/mol. The van der Waals surface area contributed by atoms with E-state index in [-0.39, 0.29) is 11.4 Å². The summed E-state index contributed by atoms with van der Waals surface area (Å²) in [6.07, 6.45) is 2.71. The van der Waals surface area contributed by atoms with Crippen LogP contribution < -0.4 is 16.0 Å². The van der Waals surface area contributed by atoms with Gasteiger partial charge in [-0.15, -0.1) is 0 Å². The van der Waals surface area contributed by atoms with Crippen LogP contribution in [0.1, 0.15) is 0 Å². The van der Waals surface area contributed by atoms with Crippen molar-refractivity contribution in [3.05, 3.63) is 40.7 Å². The minimum atomic E-state index is -4.15. The molecule has 0 fully saturated rings. The van der Waals surface area contributed by atoms with Crippen LogP contribution >= 0.6 is 0 Å². The number of nitro benzene ring substituents is 1. The maximum atomic E-state index is 12.3. The fourth-order valence-corrected chi connectivity index (χ4v) is 2.95. The fourth-order valence-electron chi connectivity index (χ4n) is 1.73. The van der Waals surface area contributed by atoms with Gasteiger partial charge in [-0.2, -0.15) is 5.10 Å². The molecule has 0 radical (unpaired) electrons. The lowest BCUT2D eigenvalue weighted by atomic mass is 10.3. The fraction of sp³-hybridized carbons (Fsp3) is 0.100. The normalized spacial score (nSPS) is 11.1. The van der Waals surface area contributed by atoms with E-state index >= 15 is 0 Å². The highest BCUT2D eigenvalue weighted by Crippen LogP contribution is 2.32. The number of aromatic nitrogens is 2. The first kappa shape index (κ1) is 14.7. The SMILES string of the molecule is Cn1cc(NS(=O)(=O)c2cccc(NN)c2[N+](=O)[O-])cn1. The summed E-state index contributed by atoms with van der Waals surface area (Å²) in [5.41, 5.74) is 1.57. The van der Waals surface area contributed by atoms with Crippen LogP contribution in [0.5, 0.6) is 0 Å². The molecule has 21 heavy (non-hydrogen) atoms. The topological polar surface area (TPSA) is 145 Å². The van der Waals surface area contributed by atoms with Gasteiger partial charge in [-0.25, -0.2) is 8.42 Å². The van der Waals surface area contributed by atoms with E-state index in [1.165, 1.54) is 29.2 Å². The van der Waals surface area contributed by atoms with Crippen molar-refractivity contribution in [1.29, 1.82) is 0 Å². The van der Waals surface area contributed by atoms with E-state index in [4.69, 9.17) is 5.84 Å². The number of nitrogens with two attached hydrogens (primary N) is 1. The van der Waals surface area contributed by atoms with Gasteiger partial charge in [0.15, 0.2) is 4.90 Å². The number of para-hydroxylation sites is 1. The molecular weight excluding hydrogens is 300 g/mol. The zero-order valence-electron chi connectivity index (χ0n) is 10.8. The molecule has 2 rings (SSSR count). The summed E-state index contributed by atoms with van der Waals surface area (Å²) in [5, 5.41) is 14.9. The van der Waals surface area contributed by atoms with Crippen LogP contribution in [0.4, 0.5) is 17.1 Å². The number of aryl methyl sites for hydroxylation is 1. The van der Waals surface area contributed by atoms with E-state index in [9.17, 15) is 18.5 Å². The minimum absolute atomic E-state index is 0.103. The van der Waals surface area contributed by atoms with Crippen LogP contribution in [0.3, 0.4) is 0 Å². The Morgan fingerprint density at radius 2 is 2.14 bits per heavy atom.